The number of carbonyl (C=O) groups is 2. The van der Waals surface area contributed by atoms with Gasteiger partial charge in [0.1, 0.15) is 0 Å². The molecule has 2 N–H and O–H groups in total. The molecule has 1 rings (SSSR count). The predicted molar refractivity (Wildman–Crippen MR) is 49.0 cm³/mol. The molecule has 0 aromatic carbocycles. The molecule has 1 heterocycles. The summed E-state index contributed by atoms with van der Waals surface area (Å²) in [6.45, 7) is 4.74. The van der Waals surface area contributed by atoms with Crippen molar-refractivity contribution in [2.45, 2.75) is 32.5 Å². The smallest absolute Gasteiger partial charge is 0.348 e. The Morgan fingerprint density at radius 3 is 2.25 bits per heavy atom. The highest BCUT2D eigenvalue weighted by atomic mass is 17.1. The van der Waals surface area contributed by atoms with Crippen molar-refractivity contribution in [3.8, 4) is 0 Å². The fourth-order valence-electron chi connectivity index (χ4n) is 1.88. The molecule has 0 amide bonds. The lowest BCUT2D eigenvalue weighted by Crippen LogP contribution is -2.42. The second-order valence-electron chi connectivity index (χ2n) is 4.08. The first kappa shape index (κ1) is 12.9. The normalized spacial score (nSPS) is 38.2. The van der Waals surface area contributed by atoms with E-state index in [9.17, 15) is 9.59 Å². The summed E-state index contributed by atoms with van der Waals surface area (Å²) < 4.78 is 5.21. The Kier molecular flexibility index (Phi) is 3.51. The molecule has 1 aliphatic rings. The molecule has 7 heteroatoms. The second kappa shape index (κ2) is 4.36. The van der Waals surface area contributed by atoms with Gasteiger partial charge in [-0.25, -0.2) is 9.59 Å². The van der Waals surface area contributed by atoms with Gasteiger partial charge in [0.15, 0.2) is 11.7 Å². The van der Waals surface area contributed by atoms with Gasteiger partial charge in [0.25, 0.3) is 0 Å². The third-order valence-electron chi connectivity index (χ3n) is 3.32. The average molecular weight is 234 g/mol. The van der Waals surface area contributed by atoms with Crippen molar-refractivity contribution in [2.24, 2.45) is 11.8 Å². The lowest BCUT2D eigenvalue weighted by molar-refractivity contribution is -0.261. The molecule has 0 aliphatic carbocycles. The van der Waals surface area contributed by atoms with E-state index in [4.69, 9.17) is 15.3 Å². The Morgan fingerprint density at radius 2 is 1.81 bits per heavy atom. The Bertz CT molecular complexity index is 302. The number of rotatable bonds is 2. The molecule has 0 aromatic rings. The van der Waals surface area contributed by atoms with Crippen molar-refractivity contribution >= 4 is 11.9 Å². The molecule has 0 spiro atoms. The first-order valence-corrected chi connectivity index (χ1v) is 4.77. The lowest BCUT2D eigenvalue weighted by Gasteiger charge is -2.24. The Labute approximate surface area is 91.8 Å². The molecular weight excluding hydrogens is 220 g/mol. The van der Waals surface area contributed by atoms with E-state index in [-0.39, 0.29) is 11.8 Å². The molecule has 1 saturated heterocycles. The van der Waals surface area contributed by atoms with Crippen LogP contribution < -0.4 is 0 Å². The van der Waals surface area contributed by atoms with E-state index in [1.807, 2.05) is 0 Å². The van der Waals surface area contributed by atoms with E-state index in [1.165, 1.54) is 6.92 Å². The molecule has 4 atom stereocenters. The quantitative estimate of drug-likeness (QED) is 0.528. The number of hydrogen-bond acceptors (Lipinski definition) is 7. The molecule has 4 unspecified atom stereocenters. The average Bonchev–Trinajstić information content (AvgIpc) is 2.53. The van der Waals surface area contributed by atoms with Gasteiger partial charge < -0.3 is 4.74 Å². The molecule has 0 saturated carbocycles. The van der Waals surface area contributed by atoms with Gasteiger partial charge in [0, 0.05) is 5.92 Å². The van der Waals surface area contributed by atoms with Crippen molar-refractivity contribution in [1.29, 1.82) is 0 Å². The van der Waals surface area contributed by atoms with Crippen LogP contribution in [0.3, 0.4) is 0 Å². The van der Waals surface area contributed by atoms with Gasteiger partial charge in [-0.3, -0.25) is 9.78 Å². The standard InChI is InChI=1S/C9H14O7/c1-4-5(2)9(3,8(11)16-13)14-6(4)7(10)15-12/h4-6,12-13H,1-3H3. The van der Waals surface area contributed by atoms with Gasteiger partial charge in [-0.2, -0.15) is 10.5 Å². The van der Waals surface area contributed by atoms with Crippen molar-refractivity contribution in [3.63, 3.8) is 0 Å². The summed E-state index contributed by atoms with van der Waals surface area (Å²) in [5.41, 5.74) is -1.44. The largest absolute Gasteiger partial charge is 0.373 e. The van der Waals surface area contributed by atoms with Crippen molar-refractivity contribution in [1.82, 2.24) is 0 Å². The number of hydrogen-bond donors (Lipinski definition) is 2. The van der Waals surface area contributed by atoms with Crippen LogP contribution in [0, 0.1) is 11.8 Å². The minimum atomic E-state index is -1.44. The SMILES string of the molecule is CC1C(C(=O)OO)OC(C)(C(=O)OO)C1C. The van der Waals surface area contributed by atoms with Crippen LogP contribution in [0.4, 0.5) is 0 Å². The summed E-state index contributed by atoms with van der Waals surface area (Å²) in [6, 6.07) is 0. The van der Waals surface area contributed by atoms with Crippen LogP contribution in [0.1, 0.15) is 20.8 Å². The summed E-state index contributed by atoms with van der Waals surface area (Å²) in [4.78, 5) is 29.7. The molecule has 16 heavy (non-hydrogen) atoms. The van der Waals surface area contributed by atoms with Crippen molar-refractivity contribution in [2.75, 3.05) is 0 Å². The van der Waals surface area contributed by atoms with Crippen molar-refractivity contribution in [3.05, 3.63) is 0 Å². The minimum Gasteiger partial charge on any atom is -0.348 e. The lowest BCUT2D eigenvalue weighted by atomic mass is 9.83. The zero-order valence-electron chi connectivity index (χ0n) is 9.17. The summed E-state index contributed by atoms with van der Waals surface area (Å²) in [5, 5.41) is 16.6. The third-order valence-corrected chi connectivity index (χ3v) is 3.32. The molecule has 0 radical (unpaired) electrons. The van der Waals surface area contributed by atoms with Gasteiger partial charge >= 0.3 is 11.9 Å². The summed E-state index contributed by atoms with van der Waals surface area (Å²) in [5.74, 6) is -2.70. The maximum Gasteiger partial charge on any atom is 0.373 e. The van der Waals surface area contributed by atoms with Crippen LogP contribution in [0.2, 0.25) is 0 Å². The first-order chi connectivity index (χ1) is 7.38. The number of carbonyl (C=O) groups excluding carboxylic acids is 2. The van der Waals surface area contributed by atoms with Gasteiger partial charge in [-0.15, -0.1) is 0 Å². The van der Waals surface area contributed by atoms with Gasteiger partial charge in [-0.05, 0) is 12.8 Å². The van der Waals surface area contributed by atoms with Gasteiger partial charge in [0.05, 0.1) is 0 Å². The maximum atomic E-state index is 11.3. The predicted octanol–water partition coefficient (Wildman–Crippen LogP) is 0.449. The highest BCUT2D eigenvalue weighted by molar-refractivity contribution is 5.82. The minimum absolute atomic E-state index is 0.358. The van der Waals surface area contributed by atoms with Crippen LogP contribution in [0.5, 0.6) is 0 Å². The second-order valence-corrected chi connectivity index (χ2v) is 4.08. The maximum absolute atomic E-state index is 11.3. The topological polar surface area (TPSA) is 102 Å². The molecule has 1 aliphatic heterocycles. The number of ether oxygens (including phenoxy) is 1. The molecule has 0 aromatic heterocycles. The van der Waals surface area contributed by atoms with Gasteiger partial charge in [0.2, 0.25) is 0 Å². The van der Waals surface area contributed by atoms with E-state index in [1.54, 1.807) is 13.8 Å². The van der Waals surface area contributed by atoms with E-state index >= 15 is 0 Å². The van der Waals surface area contributed by atoms with Crippen LogP contribution in [-0.4, -0.2) is 34.2 Å². The van der Waals surface area contributed by atoms with Gasteiger partial charge in [-0.1, -0.05) is 13.8 Å². The molecule has 7 nitrogen and oxygen atoms in total. The van der Waals surface area contributed by atoms with E-state index < -0.39 is 23.6 Å². The summed E-state index contributed by atoms with van der Waals surface area (Å²) in [7, 11) is 0. The first-order valence-electron chi connectivity index (χ1n) is 4.77. The Hall–Kier alpha value is -1.18. The zero-order valence-corrected chi connectivity index (χ0v) is 9.17. The third kappa shape index (κ3) is 1.77. The van der Waals surface area contributed by atoms with E-state index in [0.717, 1.165) is 0 Å². The molecule has 0 bridgehead atoms. The van der Waals surface area contributed by atoms with E-state index in [0.29, 0.717) is 0 Å². The zero-order chi connectivity index (χ0) is 12.5. The fraction of sp³-hybridized carbons (Fsp3) is 0.778. The Balaban J connectivity index is 2.94. The van der Waals surface area contributed by atoms with Crippen LogP contribution in [-0.2, 0) is 24.1 Å². The van der Waals surface area contributed by atoms with Crippen molar-refractivity contribution < 1.29 is 34.6 Å². The van der Waals surface area contributed by atoms with E-state index in [2.05, 4.69) is 9.78 Å². The molecule has 1 fully saturated rings. The molecular formula is C9H14O7. The van der Waals surface area contributed by atoms with Crippen LogP contribution in [0.15, 0.2) is 0 Å². The Morgan fingerprint density at radius 1 is 1.25 bits per heavy atom. The fourth-order valence-corrected chi connectivity index (χ4v) is 1.88. The van der Waals surface area contributed by atoms with Crippen LogP contribution >= 0.6 is 0 Å². The summed E-state index contributed by atoms with van der Waals surface area (Å²) >= 11 is 0. The highest BCUT2D eigenvalue weighted by Crippen LogP contribution is 2.41. The van der Waals surface area contributed by atoms with Crippen LogP contribution in [0.25, 0.3) is 0 Å². The monoisotopic (exact) mass is 234 g/mol. The highest BCUT2D eigenvalue weighted by Gasteiger charge is 2.56. The molecule has 92 valence electrons. The summed E-state index contributed by atoms with van der Waals surface area (Å²) in [6.07, 6.45) is -1.07.